The number of amides is 1. The van der Waals surface area contributed by atoms with Gasteiger partial charge in [-0.15, -0.1) is 0 Å². The smallest absolute Gasteiger partial charge is 0.323 e. The summed E-state index contributed by atoms with van der Waals surface area (Å²) in [5.41, 5.74) is 2.64. The number of carbonyl (C=O) groups is 3. The normalized spacial score (nSPS) is 15.7. The molecule has 134 valence electrons. The van der Waals surface area contributed by atoms with E-state index in [0.717, 1.165) is 11.1 Å². The Bertz CT molecular complexity index is 861. The van der Waals surface area contributed by atoms with Gasteiger partial charge >= 0.3 is 11.9 Å². The van der Waals surface area contributed by atoms with Crippen molar-refractivity contribution >= 4 is 23.5 Å². The van der Waals surface area contributed by atoms with Gasteiger partial charge in [-0.25, -0.2) is 0 Å². The van der Waals surface area contributed by atoms with E-state index < -0.39 is 12.5 Å². The van der Waals surface area contributed by atoms with Crippen molar-refractivity contribution in [3.8, 4) is 0 Å². The molecule has 0 radical (unpaired) electrons. The molecular formula is C20H19NO5. The van der Waals surface area contributed by atoms with E-state index in [1.165, 1.54) is 12.0 Å². The van der Waals surface area contributed by atoms with Crippen LogP contribution in [-0.4, -0.2) is 36.6 Å². The molecule has 1 unspecified atom stereocenters. The maximum atomic E-state index is 13.0. The lowest BCUT2D eigenvalue weighted by Gasteiger charge is -2.22. The third-order valence-corrected chi connectivity index (χ3v) is 4.57. The number of anilines is 1. The maximum Gasteiger partial charge on any atom is 0.323 e. The Hall–Kier alpha value is -3.15. The number of aliphatic carboxylic acids is 1. The lowest BCUT2D eigenvalue weighted by atomic mass is 9.85. The summed E-state index contributed by atoms with van der Waals surface area (Å²) in [4.78, 5) is 37.3. The summed E-state index contributed by atoms with van der Waals surface area (Å²) in [7, 11) is 1.34. The number of nitrogens with zero attached hydrogens (tertiary/aromatic N) is 1. The van der Waals surface area contributed by atoms with Crippen LogP contribution in [0.2, 0.25) is 0 Å². The highest BCUT2D eigenvalue weighted by atomic mass is 16.5. The summed E-state index contributed by atoms with van der Waals surface area (Å²) in [6, 6.07) is 14.4. The van der Waals surface area contributed by atoms with Crippen molar-refractivity contribution in [3.63, 3.8) is 0 Å². The fourth-order valence-corrected chi connectivity index (χ4v) is 3.41. The number of carboxylic acids is 1. The fraction of sp³-hybridized carbons (Fsp3) is 0.250. The molecular weight excluding hydrogens is 334 g/mol. The molecule has 1 aliphatic rings. The SMILES string of the molecule is COC(=O)CCC1c2ccccc2C(=O)N(CC(=O)O)c2ccccc21. The van der Waals surface area contributed by atoms with E-state index in [2.05, 4.69) is 0 Å². The molecule has 1 amide bonds. The van der Waals surface area contributed by atoms with Crippen LogP contribution in [0.3, 0.4) is 0 Å². The molecule has 6 nitrogen and oxygen atoms in total. The molecule has 1 N–H and O–H groups in total. The summed E-state index contributed by atoms with van der Waals surface area (Å²) in [6.07, 6.45) is 0.672. The molecule has 0 saturated heterocycles. The Morgan fingerprint density at radius 1 is 1.08 bits per heavy atom. The maximum absolute atomic E-state index is 13.0. The van der Waals surface area contributed by atoms with Crippen LogP contribution < -0.4 is 4.90 Å². The van der Waals surface area contributed by atoms with Crippen LogP contribution in [0, 0.1) is 0 Å². The number of carbonyl (C=O) groups excluding carboxylic acids is 2. The van der Waals surface area contributed by atoms with Gasteiger partial charge in [-0.2, -0.15) is 0 Å². The Morgan fingerprint density at radius 2 is 1.73 bits per heavy atom. The van der Waals surface area contributed by atoms with Gasteiger partial charge in [-0.05, 0) is 29.7 Å². The number of benzene rings is 2. The van der Waals surface area contributed by atoms with E-state index in [9.17, 15) is 19.5 Å². The van der Waals surface area contributed by atoms with Crippen LogP contribution in [0.4, 0.5) is 5.69 Å². The van der Waals surface area contributed by atoms with Gasteiger partial charge in [-0.3, -0.25) is 19.3 Å². The van der Waals surface area contributed by atoms with Crippen LogP contribution in [-0.2, 0) is 14.3 Å². The van der Waals surface area contributed by atoms with Crippen molar-refractivity contribution < 1.29 is 24.2 Å². The second-order valence-electron chi connectivity index (χ2n) is 6.10. The Kier molecular flexibility index (Phi) is 5.02. The number of hydrogen-bond donors (Lipinski definition) is 1. The first-order valence-electron chi connectivity index (χ1n) is 8.31. The number of methoxy groups -OCH3 is 1. The third-order valence-electron chi connectivity index (χ3n) is 4.57. The molecule has 1 heterocycles. The fourth-order valence-electron chi connectivity index (χ4n) is 3.41. The minimum Gasteiger partial charge on any atom is -0.480 e. The molecule has 1 atom stereocenters. The Morgan fingerprint density at radius 3 is 2.42 bits per heavy atom. The predicted molar refractivity (Wildman–Crippen MR) is 95.3 cm³/mol. The predicted octanol–water partition coefficient (Wildman–Crippen LogP) is 2.82. The Balaban J connectivity index is 2.15. The summed E-state index contributed by atoms with van der Waals surface area (Å²) >= 11 is 0. The summed E-state index contributed by atoms with van der Waals surface area (Å²) in [6.45, 7) is -0.423. The van der Waals surface area contributed by atoms with Crippen LogP contribution in [0.25, 0.3) is 0 Å². The van der Waals surface area contributed by atoms with Gasteiger partial charge < -0.3 is 9.84 Å². The molecule has 0 aliphatic carbocycles. The number of rotatable bonds is 5. The number of fused-ring (bicyclic) bond motifs is 2. The van der Waals surface area contributed by atoms with Gasteiger partial charge in [0.2, 0.25) is 0 Å². The zero-order valence-electron chi connectivity index (χ0n) is 14.3. The highest BCUT2D eigenvalue weighted by Crippen LogP contribution is 2.40. The lowest BCUT2D eigenvalue weighted by molar-refractivity contribution is -0.140. The highest BCUT2D eigenvalue weighted by molar-refractivity contribution is 6.10. The summed E-state index contributed by atoms with van der Waals surface area (Å²) in [5.74, 6) is -1.96. The quantitative estimate of drug-likeness (QED) is 0.836. The molecule has 0 saturated carbocycles. The van der Waals surface area contributed by atoms with E-state index in [0.29, 0.717) is 17.7 Å². The van der Waals surface area contributed by atoms with Gasteiger partial charge in [-0.1, -0.05) is 36.4 Å². The first kappa shape index (κ1) is 17.7. The van der Waals surface area contributed by atoms with Crippen molar-refractivity contribution in [2.45, 2.75) is 18.8 Å². The molecule has 2 aromatic carbocycles. The molecule has 0 fully saturated rings. The van der Waals surface area contributed by atoms with Gasteiger partial charge in [0, 0.05) is 23.6 Å². The van der Waals surface area contributed by atoms with Crippen LogP contribution >= 0.6 is 0 Å². The first-order valence-corrected chi connectivity index (χ1v) is 8.31. The van der Waals surface area contributed by atoms with E-state index in [1.807, 2.05) is 24.3 Å². The van der Waals surface area contributed by atoms with Crippen molar-refractivity contribution in [1.82, 2.24) is 0 Å². The average molecular weight is 353 g/mol. The first-order chi connectivity index (χ1) is 12.5. The van der Waals surface area contributed by atoms with E-state index in [4.69, 9.17) is 4.74 Å². The van der Waals surface area contributed by atoms with Gasteiger partial charge in [0.25, 0.3) is 5.91 Å². The second kappa shape index (κ2) is 7.39. The molecule has 3 rings (SSSR count). The largest absolute Gasteiger partial charge is 0.480 e. The van der Waals surface area contributed by atoms with Crippen molar-refractivity contribution in [2.24, 2.45) is 0 Å². The Labute approximate surface area is 151 Å². The lowest BCUT2D eigenvalue weighted by Crippen LogP contribution is -2.35. The molecule has 2 aromatic rings. The van der Waals surface area contributed by atoms with Crippen LogP contribution in [0.15, 0.2) is 48.5 Å². The number of para-hydroxylation sites is 1. The van der Waals surface area contributed by atoms with Gasteiger partial charge in [0.1, 0.15) is 6.54 Å². The second-order valence-corrected chi connectivity index (χ2v) is 6.10. The van der Waals surface area contributed by atoms with Gasteiger partial charge in [0.15, 0.2) is 0 Å². The average Bonchev–Trinajstić information content (AvgIpc) is 2.74. The van der Waals surface area contributed by atoms with E-state index in [1.54, 1.807) is 24.3 Å². The molecule has 0 aromatic heterocycles. The standard InChI is InChI=1S/C20H19NO5/c1-26-19(24)11-10-14-13-6-2-3-8-16(13)20(25)21(12-18(22)23)17-9-5-4-7-15(14)17/h2-9,14H,10-12H2,1H3,(H,22,23). The van der Waals surface area contributed by atoms with Crippen molar-refractivity contribution in [2.75, 3.05) is 18.6 Å². The third kappa shape index (κ3) is 3.31. The number of hydrogen-bond acceptors (Lipinski definition) is 4. The molecule has 1 aliphatic heterocycles. The van der Waals surface area contributed by atoms with Gasteiger partial charge in [0.05, 0.1) is 7.11 Å². The molecule has 26 heavy (non-hydrogen) atoms. The topological polar surface area (TPSA) is 83.9 Å². The monoisotopic (exact) mass is 353 g/mol. The van der Waals surface area contributed by atoms with Crippen molar-refractivity contribution in [3.05, 3.63) is 65.2 Å². The highest BCUT2D eigenvalue weighted by Gasteiger charge is 2.33. The van der Waals surface area contributed by atoms with E-state index >= 15 is 0 Å². The minimum absolute atomic E-state index is 0.204. The number of esters is 1. The molecule has 6 heteroatoms. The minimum atomic E-state index is -1.08. The van der Waals surface area contributed by atoms with Crippen LogP contribution in [0.5, 0.6) is 0 Å². The van der Waals surface area contributed by atoms with E-state index in [-0.39, 0.29) is 24.2 Å². The summed E-state index contributed by atoms with van der Waals surface area (Å²) < 4.78 is 4.75. The number of ether oxygens (including phenoxy) is 1. The zero-order chi connectivity index (χ0) is 18.7. The zero-order valence-corrected chi connectivity index (χ0v) is 14.3. The summed E-state index contributed by atoms with van der Waals surface area (Å²) in [5, 5.41) is 9.27. The van der Waals surface area contributed by atoms with Crippen LogP contribution in [0.1, 0.15) is 40.2 Å². The molecule has 0 bridgehead atoms. The van der Waals surface area contributed by atoms with Crippen molar-refractivity contribution in [1.29, 1.82) is 0 Å². The number of carboxylic acid groups (broad SMARTS) is 1. The molecule has 0 spiro atoms.